The lowest BCUT2D eigenvalue weighted by molar-refractivity contribution is -0.158. The largest absolute Gasteiger partial charge is 0.457 e. The first kappa shape index (κ1) is 29.6. The molecule has 1 atom stereocenters. The minimum Gasteiger partial charge on any atom is -0.457 e. The van der Waals surface area contributed by atoms with E-state index in [1.165, 1.54) is 16.8 Å². The standard InChI is InChI=1S/C38H35N3O4/c1-3-13-26-14-12-20-30-29-17-8-9-18-31(29)36(35(26)30)38(43)41(24-4-2)45-34-23-22-27(25-39-34)40-37(42)32-19-10-11-21-33(32)44-28-15-6-5-7-16-28/h5-12,14-23,25,36H,3-4,13,24H2,1-2H3,(H,40,42). The number of para-hydroxylation sites is 2. The Kier molecular flexibility index (Phi) is 8.87. The smallest absolute Gasteiger partial charge is 0.267 e. The van der Waals surface area contributed by atoms with Crippen LogP contribution in [-0.2, 0) is 11.2 Å². The Hall–Kier alpha value is -5.43. The highest BCUT2D eigenvalue weighted by atomic mass is 16.7. The van der Waals surface area contributed by atoms with Crippen LogP contribution in [0.1, 0.15) is 59.7 Å². The molecule has 1 aromatic heterocycles. The number of hydrogen-bond donors (Lipinski definition) is 1. The molecule has 0 spiro atoms. The number of pyridine rings is 1. The Labute approximate surface area is 263 Å². The van der Waals surface area contributed by atoms with Crippen LogP contribution in [0.4, 0.5) is 5.69 Å². The van der Waals surface area contributed by atoms with Crippen molar-refractivity contribution in [1.82, 2.24) is 10.0 Å². The lowest BCUT2D eigenvalue weighted by Crippen LogP contribution is -2.38. The van der Waals surface area contributed by atoms with Crippen molar-refractivity contribution in [2.45, 2.75) is 39.0 Å². The SMILES string of the molecule is CCCc1cccc2c1C(C(=O)N(CCC)Oc1ccc(NC(=O)c3ccccc3Oc3ccccc3)cn1)c1ccccc1-2. The topological polar surface area (TPSA) is 80.8 Å². The van der Waals surface area contributed by atoms with Gasteiger partial charge < -0.3 is 14.9 Å². The van der Waals surface area contributed by atoms with Crippen LogP contribution in [0.3, 0.4) is 0 Å². The zero-order chi connectivity index (χ0) is 31.2. The zero-order valence-electron chi connectivity index (χ0n) is 25.4. The summed E-state index contributed by atoms with van der Waals surface area (Å²) in [6.45, 7) is 4.56. The lowest BCUT2D eigenvalue weighted by Gasteiger charge is -2.26. The van der Waals surface area contributed by atoms with Gasteiger partial charge in [-0.3, -0.25) is 9.59 Å². The molecule has 226 valence electrons. The Bertz CT molecular complexity index is 1800. The number of anilines is 1. The average Bonchev–Trinajstić information content (AvgIpc) is 3.41. The van der Waals surface area contributed by atoms with Crippen molar-refractivity contribution in [2.75, 3.05) is 11.9 Å². The molecule has 0 aliphatic heterocycles. The van der Waals surface area contributed by atoms with Crippen molar-refractivity contribution in [1.29, 1.82) is 0 Å². The number of nitrogens with one attached hydrogen (secondary N) is 1. The molecule has 0 saturated heterocycles. The van der Waals surface area contributed by atoms with Crippen LogP contribution in [0.15, 0.2) is 115 Å². The van der Waals surface area contributed by atoms with Crippen molar-refractivity contribution < 1.29 is 19.2 Å². The second-order valence-corrected chi connectivity index (χ2v) is 10.9. The summed E-state index contributed by atoms with van der Waals surface area (Å²) in [5.74, 6) is 0.429. The van der Waals surface area contributed by atoms with Crippen molar-refractivity contribution in [3.05, 3.63) is 138 Å². The maximum atomic E-state index is 14.3. The molecule has 0 fully saturated rings. The molecule has 4 aromatic carbocycles. The molecular weight excluding hydrogens is 562 g/mol. The Morgan fingerprint density at radius 2 is 1.56 bits per heavy atom. The number of ether oxygens (including phenoxy) is 1. The van der Waals surface area contributed by atoms with Gasteiger partial charge in [-0.15, -0.1) is 0 Å². The zero-order valence-corrected chi connectivity index (χ0v) is 25.4. The van der Waals surface area contributed by atoms with E-state index in [0.29, 0.717) is 35.7 Å². The molecule has 7 heteroatoms. The third-order valence-electron chi connectivity index (χ3n) is 7.79. The Balaban J connectivity index is 1.19. The number of fused-ring (bicyclic) bond motifs is 3. The first-order valence-corrected chi connectivity index (χ1v) is 15.4. The molecule has 5 aromatic rings. The maximum absolute atomic E-state index is 14.3. The molecular formula is C38H35N3O4. The molecule has 1 aliphatic carbocycles. The van der Waals surface area contributed by atoms with Crippen molar-refractivity contribution in [3.63, 3.8) is 0 Å². The molecule has 2 amide bonds. The number of benzene rings is 4. The summed E-state index contributed by atoms with van der Waals surface area (Å²) in [5, 5.41) is 4.31. The molecule has 1 heterocycles. The van der Waals surface area contributed by atoms with Gasteiger partial charge in [0, 0.05) is 6.07 Å². The number of carbonyl (C=O) groups is 2. The fourth-order valence-corrected chi connectivity index (χ4v) is 5.81. The summed E-state index contributed by atoms with van der Waals surface area (Å²) in [5.41, 5.74) is 6.33. The van der Waals surface area contributed by atoms with Gasteiger partial charge in [0.25, 0.3) is 11.8 Å². The quantitative estimate of drug-likeness (QED) is 0.155. The minimum absolute atomic E-state index is 0.124. The summed E-state index contributed by atoms with van der Waals surface area (Å²) in [6.07, 6.45) is 4.11. The number of aryl methyl sites for hydroxylation is 1. The third-order valence-corrected chi connectivity index (χ3v) is 7.79. The predicted molar refractivity (Wildman–Crippen MR) is 175 cm³/mol. The summed E-state index contributed by atoms with van der Waals surface area (Å²) in [4.78, 5) is 38.0. The Morgan fingerprint density at radius 3 is 2.33 bits per heavy atom. The summed E-state index contributed by atoms with van der Waals surface area (Å²) in [6, 6.07) is 34.2. The molecule has 7 nitrogen and oxygen atoms in total. The minimum atomic E-state index is -0.456. The molecule has 1 aliphatic rings. The third kappa shape index (κ3) is 6.29. The van der Waals surface area contributed by atoms with Crippen molar-refractivity contribution in [3.8, 4) is 28.5 Å². The van der Waals surface area contributed by atoms with Gasteiger partial charge in [-0.05, 0) is 71.0 Å². The molecule has 0 radical (unpaired) electrons. The molecule has 45 heavy (non-hydrogen) atoms. The van der Waals surface area contributed by atoms with E-state index < -0.39 is 5.92 Å². The lowest BCUT2D eigenvalue weighted by atomic mass is 9.90. The number of carbonyl (C=O) groups excluding carboxylic acids is 2. The number of hydrogen-bond acceptors (Lipinski definition) is 5. The van der Waals surface area contributed by atoms with E-state index >= 15 is 0 Å². The molecule has 1 unspecified atom stereocenters. The van der Waals surface area contributed by atoms with Gasteiger partial charge in [-0.2, -0.15) is 5.06 Å². The number of hydroxylamine groups is 2. The second-order valence-electron chi connectivity index (χ2n) is 10.9. The van der Waals surface area contributed by atoms with Crippen LogP contribution in [0.25, 0.3) is 11.1 Å². The van der Waals surface area contributed by atoms with Crippen LogP contribution in [0, 0.1) is 0 Å². The van der Waals surface area contributed by atoms with E-state index in [0.717, 1.165) is 35.1 Å². The van der Waals surface area contributed by atoms with E-state index in [4.69, 9.17) is 9.57 Å². The normalized spacial score (nSPS) is 13.0. The fraction of sp³-hybridized carbons (Fsp3) is 0.184. The van der Waals surface area contributed by atoms with Gasteiger partial charge >= 0.3 is 0 Å². The van der Waals surface area contributed by atoms with Gasteiger partial charge in [-0.25, -0.2) is 4.98 Å². The van der Waals surface area contributed by atoms with Crippen LogP contribution in [-0.4, -0.2) is 28.4 Å². The van der Waals surface area contributed by atoms with Gasteiger partial charge in [0.05, 0.1) is 29.9 Å². The fourth-order valence-electron chi connectivity index (χ4n) is 5.81. The summed E-state index contributed by atoms with van der Waals surface area (Å²) in [7, 11) is 0. The van der Waals surface area contributed by atoms with Crippen LogP contribution >= 0.6 is 0 Å². The monoisotopic (exact) mass is 597 g/mol. The number of amides is 2. The van der Waals surface area contributed by atoms with Gasteiger partial charge in [0.15, 0.2) is 0 Å². The number of nitrogens with zero attached hydrogens (tertiary/aromatic N) is 2. The summed E-state index contributed by atoms with van der Waals surface area (Å²) < 4.78 is 5.95. The highest BCUT2D eigenvalue weighted by Gasteiger charge is 2.38. The van der Waals surface area contributed by atoms with Crippen LogP contribution in [0.2, 0.25) is 0 Å². The van der Waals surface area contributed by atoms with E-state index in [9.17, 15) is 9.59 Å². The molecule has 0 bridgehead atoms. The van der Waals surface area contributed by atoms with Gasteiger partial charge in [0.2, 0.25) is 5.88 Å². The number of aromatic nitrogens is 1. The maximum Gasteiger partial charge on any atom is 0.267 e. The summed E-state index contributed by atoms with van der Waals surface area (Å²) >= 11 is 0. The van der Waals surface area contributed by atoms with E-state index in [1.807, 2.05) is 61.5 Å². The van der Waals surface area contributed by atoms with E-state index in [1.54, 1.807) is 30.3 Å². The van der Waals surface area contributed by atoms with E-state index in [2.05, 4.69) is 41.5 Å². The first-order chi connectivity index (χ1) is 22.1. The second kappa shape index (κ2) is 13.5. The highest BCUT2D eigenvalue weighted by Crippen LogP contribution is 2.47. The van der Waals surface area contributed by atoms with Crippen LogP contribution in [0.5, 0.6) is 17.4 Å². The van der Waals surface area contributed by atoms with Gasteiger partial charge in [0.1, 0.15) is 11.5 Å². The predicted octanol–water partition coefficient (Wildman–Crippen LogP) is 8.42. The van der Waals surface area contributed by atoms with E-state index in [-0.39, 0.29) is 17.7 Å². The van der Waals surface area contributed by atoms with Crippen molar-refractivity contribution >= 4 is 17.5 Å². The molecule has 0 saturated carbocycles. The van der Waals surface area contributed by atoms with Crippen molar-refractivity contribution in [2.24, 2.45) is 0 Å². The average molecular weight is 598 g/mol. The van der Waals surface area contributed by atoms with Gasteiger partial charge in [-0.1, -0.05) is 93.1 Å². The molecule has 1 N–H and O–H groups in total. The van der Waals surface area contributed by atoms with Crippen LogP contribution < -0.4 is 14.9 Å². The number of rotatable bonds is 11. The first-order valence-electron chi connectivity index (χ1n) is 15.4. The Morgan fingerprint density at radius 1 is 0.800 bits per heavy atom. The highest BCUT2D eigenvalue weighted by molar-refractivity contribution is 6.06. The molecule has 6 rings (SSSR count).